The second-order valence-electron chi connectivity index (χ2n) is 5.00. The summed E-state index contributed by atoms with van der Waals surface area (Å²) in [7, 11) is 1.41. The number of aromatic nitrogens is 2. The Labute approximate surface area is 126 Å². The molecule has 0 aliphatic rings. The number of fused-ring (bicyclic) bond motifs is 1. The van der Waals surface area contributed by atoms with E-state index in [2.05, 4.69) is 30.0 Å². The molecule has 0 fully saturated rings. The first-order valence-electron chi connectivity index (χ1n) is 6.61. The normalized spacial score (nSPS) is 11.3. The molecule has 0 aliphatic carbocycles. The summed E-state index contributed by atoms with van der Waals surface area (Å²) in [4.78, 5) is 8.73. The van der Waals surface area contributed by atoms with Crippen molar-refractivity contribution < 1.29 is 9.13 Å². The molecule has 0 N–H and O–H groups in total. The Hall–Kier alpha value is -2.01. The number of rotatable bonds is 3. The van der Waals surface area contributed by atoms with Gasteiger partial charge in [0.05, 0.1) is 23.7 Å². The highest BCUT2D eigenvalue weighted by atomic mass is 32.1. The molecule has 3 rings (SSSR count). The van der Waals surface area contributed by atoms with E-state index in [4.69, 9.17) is 4.74 Å². The number of ether oxygens (including phenoxy) is 1. The minimum Gasteiger partial charge on any atom is -0.491 e. The van der Waals surface area contributed by atoms with Crippen LogP contribution in [0, 0.1) is 12.0 Å². The van der Waals surface area contributed by atoms with Gasteiger partial charge in [-0.25, -0.2) is 14.4 Å². The van der Waals surface area contributed by atoms with Crippen LogP contribution in [0.2, 0.25) is 0 Å². The number of halogens is 1. The minimum atomic E-state index is -0.445. The van der Waals surface area contributed by atoms with Crippen molar-refractivity contribution in [3.05, 3.63) is 41.3 Å². The lowest BCUT2D eigenvalue weighted by Gasteiger charge is -2.07. The number of nitrogens with zero attached hydrogens (tertiary/aromatic N) is 2. The van der Waals surface area contributed by atoms with Crippen molar-refractivity contribution in [1.29, 1.82) is 0 Å². The molecule has 0 aliphatic heterocycles. The van der Waals surface area contributed by atoms with Gasteiger partial charge in [-0.15, -0.1) is 11.3 Å². The standard InChI is InChI=1S/C16H14FN2OS/c1-9(2)12-8-21-16(19-12)10-5-4-6-11-14(10)15(17)13(20-3)7-18-11/h4-6,8-9H,1-3H3. The van der Waals surface area contributed by atoms with Gasteiger partial charge in [0.2, 0.25) is 0 Å². The SMILES string of the molecule is COc1[c]nc2cccc(-c3nc(C(C)C)cs3)c2c1F. The molecule has 0 amide bonds. The summed E-state index contributed by atoms with van der Waals surface area (Å²) in [6.45, 7) is 4.17. The summed E-state index contributed by atoms with van der Waals surface area (Å²) in [6.07, 6.45) is 2.57. The van der Waals surface area contributed by atoms with E-state index in [-0.39, 0.29) is 5.75 Å². The highest BCUT2D eigenvalue weighted by molar-refractivity contribution is 7.13. The van der Waals surface area contributed by atoms with Gasteiger partial charge in [0.15, 0.2) is 11.6 Å². The summed E-state index contributed by atoms with van der Waals surface area (Å²) in [6, 6.07) is 5.46. The molecule has 3 aromatic rings. The molecular formula is C16H14FN2OS. The predicted molar refractivity (Wildman–Crippen MR) is 82.3 cm³/mol. The van der Waals surface area contributed by atoms with Crippen LogP contribution in [0.5, 0.6) is 5.75 Å². The largest absolute Gasteiger partial charge is 0.491 e. The molecule has 2 aromatic heterocycles. The first-order valence-corrected chi connectivity index (χ1v) is 7.49. The molecule has 5 heteroatoms. The first kappa shape index (κ1) is 13.9. The van der Waals surface area contributed by atoms with Gasteiger partial charge in [-0.05, 0) is 12.0 Å². The molecule has 0 unspecified atom stereocenters. The zero-order chi connectivity index (χ0) is 15.0. The topological polar surface area (TPSA) is 35.0 Å². The number of methoxy groups -OCH3 is 1. The number of benzene rings is 1. The Bertz CT molecular complexity index is 798. The molecule has 1 radical (unpaired) electrons. The minimum absolute atomic E-state index is 0.0237. The van der Waals surface area contributed by atoms with E-state index >= 15 is 0 Å². The summed E-state index contributed by atoms with van der Waals surface area (Å²) >= 11 is 1.51. The second-order valence-corrected chi connectivity index (χ2v) is 5.86. The third-order valence-electron chi connectivity index (χ3n) is 3.29. The Balaban J connectivity index is 2.26. The van der Waals surface area contributed by atoms with Crippen molar-refractivity contribution in [2.45, 2.75) is 19.8 Å². The van der Waals surface area contributed by atoms with E-state index in [0.717, 1.165) is 16.3 Å². The van der Waals surface area contributed by atoms with Crippen LogP contribution in [0.4, 0.5) is 4.39 Å². The van der Waals surface area contributed by atoms with E-state index in [1.165, 1.54) is 18.4 Å². The number of thiazole rings is 1. The van der Waals surface area contributed by atoms with Gasteiger partial charge in [0.1, 0.15) is 11.2 Å². The molecular weight excluding hydrogens is 287 g/mol. The molecule has 3 nitrogen and oxygen atoms in total. The van der Waals surface area contributed by atoms with Gasteiger partial charge in [-0.3, -0.25) is 0 Å². The Morgan fingerprint density at radius 3 is 2.81 bits per heavy atom. The van der Waals surface area contributed by atoms with Crippen LogP contribution in [0.15, 0.2) is 23.6 Å². The second kappa shape index (κ2) is 5.41. The maximum atomic E-state index is 14.6. The van der Waals surface area contributed by atoms with E-state index < -0.39 is 5.82 Å². The average molecular weight is 301 g/mol. The summed E-state index contributed by atoms with van der Waals surface area (Å²) in [5.41, 5.74) is 2.30. The zero-order valence-corrected chi connectivity index (χ0v) is 12.8. The smallest absolute Gasteiger partial charge is 0.183 e. The number of hydrogen-bond acceptors (Lipinski definition) is 4. The van der Waals surface area contributed by atoms with Crippen molar-refractivity contribution in [3.8, 4) is 16.3 Å². The quantitative estimate of drug-likeness (QED) is 0.718. The Morgan fingerprint density at radius 2 is 2.14 bits per heavy atom. The first-order chi connectivity index (χ1) is 10.1. The van der Waals surface area contributed by atoms with Crippen LogP contribution in [0.3, 0.4) is 0 Å². The van der Waals surface area contributed by atoms with Crippen LogP contribution in [-0.4, -0.2) is 17.1 Å². The third-order valence-corrected chi connectivity index (χ3v) is 4.18. The Morgan fingerprint density at radius 1 is 1.33 bits per heavy atom. The summed E-state index contributed by atoms with van der Waals surface area (Å²) < 4.78 is 19.5. The van der Waals surface area contributed by atoms with Crippen LogP contribution in [0.1, 0.15) is 25.5 Å². The van der Waals surface area contributed by atoms with E-state index in [1.807, 2.05) is 17.5 Å². The lowest BCUT2D eigenvalue weighted by atomic mass is 10.1. The molecule has 0 saturated heterocycles. The highest BCUT2D eigenvalue weighted by Gasteiger charge is 2.16. The van der Waals surface area contributed by atoms with Crippen LogP contribution in [-0.2, 0) is 0 Å². The maximum absolute atomic E-state index is 14.6. The van der Waals surface area contributed by atoms with E-state index in [0.29, 0.717) is 16.8 Å². The molecule has 0 atom stereocenters. The number of pyridine rings is 1. The van der Waals surface area contributed by atoms with Crippen LogP contribution < -0.4 is 4.74 Å². The van der Waals surface area contributed by atoms with Crippen molar-refractivity contribution >= 4 is 22.2 Å². The lowest BCUT2D eigenvalue weighted by Crippen LogP contribution is -1.94. The van der Waals surface area contributed by atoms with Gasteiger partial charge >= 0.3 is 0 Å². The molecule has 2 heterocycles. The molecule has 0 spiro atoms. The van der Waals surface area contributed by atoms with Gasteiger partial charge in [-0.1, -0.05) is 26.0 Å². The van der Waals surface area contributed by atoms with Crippen LogP contribution in [0.25, 0.3) is 21.5 Å². The predicted octanol–water partition coefficient (Wildman–Crippen LogP) is 4.43. The summed E-state index contributed by atoms with van der Waals surface area (Å²) in [5, 5.41) is 3.23. The fourth-order valence-corrected chi connectivity index (χ4v) is 3.14. The van der Waals surface area contributed by atoms with E-state index in [9.17, 15) is 4.39 Å². The fraction of sp³-hybridized carbons (Fsp3) is 0.250. The number of hydrogen-bond donors (Lipinski definition) is 0. The van der Waals surface area contributed by atoms with Gasteiger partial charge in [0, 0.05) is 10.9 Å². The monoisotopic (exact) mass is 301 g/mol. The molecule has 0 bridgehead atoms. The summed E-state index contributed by atoms with van der Waals surface area (Å²) in [5.74, 6) is -0.0780. The van der Waals surface area contributed by atoms with Crippen molar-refractivity contribution in [3.63, 3.8) is 0 Å². The van der Waals surface area contributed by atoms with Gasteiger partial charge in [0.25, 0.3) is 0 Å². The van der Waals surface area contributed by atoms with Crippen molar-refractivity contribution in [1.82, 2.24) is 9.97 Å². The molecule has 0 saturated carbocycles. The van der Waals surface area contributed by atoms with E-state index in [1.54, 1.807) is 6.07 Å². The van der Waals surface area contributed by atoms with Gasteiger partial charge in [-0.2, -0.15) is 0 Å². The lowest BCUT2D eigenvalue weighted by molar-refractivity contribution is 0.386. The van der Waals surface area contributed by atoms with Crippen molar-refractivity contribution in [2.75, 3.05) is 7.11 Å². The van der Waals surface area contributed by atoms with Gasteiger partial charge < -0.3 is 4.74 Å². The Kier molecular flexibility index (Phi) is 3.59. The van der Waals surface area contributed by atoms with Crippen molar-refractivity contribution in [2.24, 2.45) is 0 Å². The third kappa shape index (κ3) is 2.38. The zero-order valence-electron chi connectivity index (χ0n) is 12.0. The van der Waals surface area contributed by atoms with Crippen LogP contribution >= 0.6 is 11.3 Å². The highest BCUT2D eigenvalue weighted by Crippen LogP contribution is 2.35. The molecule has 107 valence electrons. The maximum Gasteiger partial charge on any atom is 0.183 e. The molecule has 21 heavy (non-hydrogen) atoms. The average Bonchev–Trinajstić information content (AvgIpc) is 2.97. The fourth-order valence-electron chi connectivity index (χ4n) is 2.13. The molecule has 1 aromatic carbocycles.